The van der Waals surface area contributed by atoms with Crippen LogP contribution >= 0.6 is 23.4 Å². The zero-order chi connectivity index (χ0) is 14.5. The van der Waals surface area contributed by atoms with E-state index < -0.39 is 0 Å². The summed E-state index contributed by atoms with van der Waals surface area (Å²) >= 11 is 6.98. The van der Waals surface area contributed by atoms with Gasteiger partial charge in [-0.3, -0.25) is 5.41 Å². The van der Waals surface area contributed by atoms with Gasteiger partial charge in [0.2, 0.25) is 5.89 Å². The van der Waals surface area contributed by atoms with E-state index in [1.54, 1.807) is 18.4 Å². The Bertz CT molecular complexity index is 634. The quantitative estimate of drug-likeness (QED) is 0.595. The number of rotatable bonds is 3. The number of halogens is 1. The van der Waals surface area contributed by atoms with Crippen molar-refractivity contribution in [3.05, 3.63) is 41.2 Å². The molecule has 0 aliphatic rings. The first kappa shape index (κ1) is 14.4. The summed E-state index contributed by atoms with van der Waals surface area (Å²) in [5, 5.41) is 8.19. The number of hydrogen-bond donors (Lipinski definition) is 3. The van der Waals surface area contributed by atoms with Gasteiger partial charge in [0, 0.05) is 16.3 Å². The lowest BCUT2D eigenvalue weighted by atomic mass is 10.2. The van der Waals surface area contributed by atoms with Crippen LogP contribution in [0.25, 0.3) is 11.5 Å². The molecule has 0 amide bonds. The lowest BCUT2D eigenvalue weighted by molar-refractivity contribution is 0.573. The second-order valence-corrected chi connectivity index (χ2v) is 5.18. The molecular formula is C12H12ClN5OS. The van der Waals surface area contributed by atoms with Gasteiger partial charge < -0.3 is 15.9 Å². The maximum Gasteiger partial charge on any atom is 0.226 e. The number of hydrogen-bond acceptors (Lipinski definition) is 4. The van der Waals surface area contributed by atoms with Crippen LogP contribution in [0.3, 0.4) is 0 Å². The summed E-state index contributed by atoms with van der Waals surface area (Å²) in [4.78, 5) is 7.94. The first-order valence-electron chi connectivity index (χ1n) is 5.56. The first-order valence-corrected chi connectivity index (χ1v) is 6.92. The van der Waals surface area contributed by atoms with Crippen LogP contribution in [-0.2, 0) is 5.75 Å². The fourth-order valence-corrected chi connectivity index (χ4v) is 2.10. The minimum absolute atomic E-state index is 0.0287. The molecular weight excluding hydrogens is 298 g/mol. The summed E-state index contributed by atoms with van der Waals surface area (Å²) in [6, 6.07) is 7.19. The van der Waals surface area contributed by atoms with Gasteiger partial charge in [-0.25, -0.2) is 4.98 Å². The topological polar surface area (TPSA) is 114 Å². The zero-order valence-electron chi connectivity index (χ0n) is 10.3. The fraction of sp³-hybridized carbons (Fsp3) is 0.0833. The molecule has 1 aromatic heterocycles. The second-order valence-electron chi connectivity index (χ2n) is 3.78. The van der Waals surface area contributed by atoms with Crippen LogP contribution in [0.15, 0.2) is 39.9 Å². The normalized spacial score (nSPS) is 10.2. The van der Waals surface area contributed by atoms with Crippen LogP contribution in [0.2, 0.25) is 5.02 Å². The predicted molar refractivity (Wildman–Crippen MR) is 81.8 cm³/mol. The van der Waals surface area contributed by atoms with Crippen LogP contribution in [0.1, 0.15) is 5.69 Å². The Morgan fingerprint density at radius 1 is 1.35 bits per heavy atom. The molecule has 0 saturated carbocycles. The fourth-order valence-electron chi connectivity index (χ4n) is 1.39. The third-order valence-electron chi connectivity index (χ3n) is 2.23. The van der Waals surface area contributed by atoms with Gasteiger partial charge in [0.1, 0.15) is 6.26 Å². The molecule has 0 fully saturated rings. The Morgan fingerprint density at radius 2 is 2.05 bits per heavy atom. The highest BCUT2D eigenvalue weighted by Gasteiger charge is 2.07. The number of nitrogens with one attached hydrogen (secondary N) is 1. The molecule has 1 aromatic carbocycles. The van der Waals surface area contributed by atoms with E-state index in [9.17, 15) is 0 Å². The number of nitrogens with two attached hydrogens (primary N) is 2. The molecule has 8 heteroatoms. The van der Waals surface area contributed by atoms with Gasteiger partial charge in [-0.15, -0.1) is 0 Å². The Balaban J connectivity index is 2.01. The number of oxazole rings is 1. The highest BCUT2D eigenvalue weighted by Crippen LogP contribution is 2.22. The Labute approximate surface area is 124 Å². The van der Waals surface area contributed by atoms with E-state index in [2.05, 4.69) is 9.98 Å². The molecule has 0 radical (unpaired) electrons. The minimum Gasteiger partial charge on any atom is -0.444 e. The summed E-state index contributed by atoms with van der Waals surface area (Å²) in [7, 11) is 0. The third-order valence-corrected chi connectivity index (χ3v) is 3.29. The molecule has 5 N–H and O–H groups in total. The van der Waals surface area contributed by atoms with E-state index in [1.807, 2.05) is 12.1 Å². The van der Waals surface area contributed by atoms with Crippen LogP contribution in [0, 0.1) is 5.41 Å². The molecule has 0 saturated heterocycles. The zero-order valence-corrected chi connectivity index (χ0v) is 11.9. The summed E-state index contributed by atoms with van der Waals surface area (Å²) in [6.07, 6.45) is 1.54. The van der Waals surface area contributed by atoms with Gasteiger partial charge in [0.05, 0.1) is 5.69 Å². The van der Waals surface area contributed by atoms with Gasteiger partial charge in [0.15, 0.2) is 11.1 Å². The van der Waals surface area contributed by atoms with Crippen LogP contribution < -0.4 is 11.5 Å². The molecule has 20 heavy (non-hydrogen) atoms. The van der Waals surface area contributed by atoms with Crippen molar-refractivity contribution in [1.82, 2.24) is 4.98 Å². The van der Waals surface area contributed by atoms with Crippen molar-refractivity contribution in [2.75, 3.05) is 0 Å². The molecule has 6 nitrogen and oxygen atoms in total. The maximum absolute atomic E-state index is 7.51. The molecule has 2 aromatic rings. The van der Waals surface area contributed by atoms with Gasteiger partial charge >= 0.3 is 0 Å². The first-order chi connectivity index (χ1) is 9.54. The van der Waals surface area contributed by atoms with Gasteiger partial charge in [-0.2, -0.15) is 4.99 Å². The van der Waals surface area contributed by atoms with E-state index in [-0.39, 0.29) is 11.1 Å². The number of aromatic nitrogens is 1. The Kier molecular flexibility index (Phi) is 4.65. The van der Waals surface area contributed by atoms with Gasteiger partial charge in [-0.1, -0.05) is 23.4 Å². The Hall–Kier alpha value is -1.99. The van der Waals surface area contributed by atoms with Gasteiger partial charge in [-0.05, 0) is 24.3 Å². The summed E-state index contributed by atoms with van der Waals surface area (Å²) in [5.41, 5.74) is 11.9. The molecule has 104 valence electrons. The minimum atomic E-state index is -0.135. The molecule has 0 unspecified atom stereocenters. The smallest absolute Gasteiger partial charge is 0.226 e. The standard InChI is InChI=1S/C12H12ClN5OS/c13-8-3-1-7(2-4-8)10-17-9(5-19-10)6-20-12(16)18-11(14)15/h1-5H,6H2,(H5,14,15,16,18). The average Bonchev–Trinajstić information content (AvgIpc) is 2.85. The molecule has 0 spiro atoms. The number of guanidine groups is 1. The van der Waals surface area contributed by atoms with E-state index in [4.69, 9.17) is 32.9 Å². The van der Waals surface area contributed by atoms with E-state index in [0.717, 1.165) is 17.3 Å². The molecule has 0 bridgehead atoms. The number of nitrogens with zero attached hydrogens (tertiary/aromatic N) is 2. The maximum atomic E-state index is 7.51. The molecule has 2 rings (SSSR count). The summed E-state index contributed by atoms with van der Waals surface area (Å²) in [5.74, 6) is 0.822. The number of benzene rings is 1. The second kappa shape index (κ2) is 6.44. The van der Waals surface area contributed by atoms with Crippen molar-refractivity contribution >= 4 is 34.5 Å². The SMILES string of the molecule is N=C(N=C(N)N)SCc1coc(-c2ccc(Cl)cc2)n1. The number of amidine groups is 1. The summed E-state index contributed by atoms with van der Waals surface area (Å²) in [6.45, 7) is 0. The van der Waals surface area contributed by atoms with Crippen molar-refractivity contribution in [3.8, 4) is 11.5 Å². The monoisotopic (exact) mass is 309 g/mol. The molecule has 0 atom stereocenters. The van der Waals surface area contributed by atoms with E-state index in [0.29, 0.717) is 22.4 Å². The molecule has 0 aliphatic heterocycles. The Morgan fingerprint density at radius 3 is 2.70 bits per heavy atom. The highest BCUT2D eigenvalue weighted by atomic mass is 35.5. The summed E-state index contributed by atoms with van der Waals surface area (Å²) < 4.78 is 5.38. The van der Waals surface area contributed by atoms with E-state index >= 15 is 0 Å². The van der Waals surface area contributed by atoms with Crippen molar-refractivity contribution in [1.29, 1.82) is 5.41 Å². The van der Waals surface area contributed by atoms with Crippen molar-refractivity contribution < 1.29 is 4.42 Å². The third kappa shape index (κ3) is 4.01. The largest absolute Gasteiger partial charge is 0.444 e. The van der Waals surface area contributed by atoms with E-state index in [1.165, 1.54) is 0 Å². The number of aliphatic imine (C=N–C) groups is 1. The lowest BCUT2D eigenvalue weighted by Crippen LogP contribution is -2.23. The molecule has 0 aliphatic carbocycles. The average molecular weight is 310 g/mol. The van der Waals surface area contributed by atoms with Crippen LogP contribution in [-0.4, -0.2) is 16.1 Å². The number of thioether (sulfide) groups is 1. The van der Waals surface area contributed by atoms with Gasteiger partial charge in [0.25, 0.3) is 0 Å². The van der Waals surface area contributed by atoms with Crippen molar-refractivity contribution in [3.63, 3.8) is 0 Å². The predicted octanol–water partition coefficient (Wildman–Crippen LogP) is 2.44. The van der Waals surface area contributed by atoms with Crippen molar-refractivity contribution in [2.45, 2.75) is 5.75 Å². The lowest BCUT2D eigenvalue weighted by Gasteiger charge is -1.96. The molecule has 1 heterocycles. The van der Waals surface area contributed by atoms with Crippen LogP contribution in [0.5, 0.6) is 0 Å². The highest BCUT2D eigenvalue weighted by molar-refractivity contribution is 8.13. The van der Waals surface area contributed by atoms with Crippen LogP contribution in [0.4, 0.5) is 0 Å². The van der Waals surface area contributed by atoms with Crippen molar-refractivity contribution in [2.24, 2.45) is 16.5 Å².